The number of methoxy groups -OCH3 is 2. The number of aliphatic hydroxyl groups excluding tert-OH is 7. The lowest BCUT2D eigenvalue weighted by Crippen LogP contribution is -2.65. The molecule has 2 fully saturated rings. The van der Waals surface area contributed by atoms with Gasteiger partial charge in [0.2, 0.25) is 6.29 Å². The molecule has 0 unspecified atom stereocenters. The Hall–Kier alpha value is -3.35. The molecule has 15 heteroatoms. The molecular weight excluding hydrogens is 588 g/mol. The Bertz CT molecular complexity index is 1490. The van der Waals surface area contributed by atoms with E-state index in [1.54, 1.807) is 18.2 Å². The van der Waals surface area contributed by atoms with Crippen molar-refractivity contribution in [2.24, 2.45) is 0 Å². The van der Waals surface area contributed by atoms with E-state index in [1.165, 1.54) is 38.5 Å². The topological polar surface area (TPSA) is 227 Å². The predicted molar refractivity (Wildman–Crippen MR) is 148 cm³/mol. The molecule has 240 valence electrons. The molecule has 0 spiro atoms. The predicted octanol–water partition coefficient (Wildman–Crippen LogP) is -1.52. The highest BCUT2D eigenvalue weighted by Crippen LogP contribution is 2.34. The van der Waals surface area contributed by atoms with Crippen LogP contribution >= 0.6 is 0 Å². The second kappa shape index (κ2) is 13.3. The van der Waals surface area contributed by atoms with Crippen LogP contribution in [0.3, 0.4) is 0 Å². The van der Waals surface area contributed by atoms with Crippen molar-refractivity contribution in [2.45, 2.75) is 61.4 Å². The number of aliphatic hydroxyl groups is 7. The van der Waals surface area contributed by atoms with Gasteiger partial charge in [-0.15, -0.1) is 0 Å². The molecule has 0 bridgehead atoms. The minimum Gasteiger partial charge on any atom is -0.493 e. The zero-order valence-electron chi connectivity index (χ0n) is 23.6. The van der Waals surface area contributed by atoms with Crippen LogP contribution in [0.4, 0.5) is 0 Å². The van der Waals surface area contributed by atoms with Gasteiger partial charge in [-0.2, -0.15) is 0 Å². The molecule has 0 aliphatic carbocycles. The lowest BCUT2D eigenvalue weighted by Gasteiger charge is -2.45. The van der Waals surface area contributed by atoms with Crippen LogP contribution in [0.2, 0.25) is 0 Å². The molecule has 2 saturated heterocycles. The molecule has 3 aromatic rings. The summed E-state index contributed by atoms with van der Waals surface area (Å²) in [7, 11) is 2.97. The lowest BCUT2D eigenvalue weighted by atomic mass is 9.97. The quantitative estimate of drug-likeness (QED) is 0.144. The Morgan fingerprint density at radius 3 is 2.09 bits per heavy atom. The monoisotopic (exact) mass is 622 g/mol. The summed E-state index contributed by atoms with van der Waals surface area (Å²) in [6.07, 6.45) is -16.0. The second-order valence-electron chi connectivity index (χ2n) is 10.3. The van der Waals surface area contributed by atoms with Crippen LogP contribution in [0, 0.1) is 0 Å². The molecule has 2 aliphatic rings. The van der Waals surface area contributed by atoms with Crippen molar-refractivity contribution < 1.29 is 68.6 Å². The molecule has 3 heterocycles. The highest BCUT2D eigenvalue weighted by atomic mass is 16.7. The smallest absolute Gasteiger partial charge is 0.229 e. The summed E-state index contributed by atoms with van der Waals surface area (Å²) < 4.78 is 38.9. The first-order valence-electron chi connectivity index (χ1n) is 13.7. The van der Waals surface area contributed by atoms with E-state index in [-0.39, 0.29) is 27.9 Å². The van der Waals surface area contributed by atoms with E-state index in [0.29, 0.717) is 17.1 Å². The maximum absolute atomic E-state index is 12.9. The zero-order valence-corrected chi connectivity index (χ0v) is 23.6. The summed E-state index contributed by atoms with van der Waals surface area (Å²) in [4.78, 5) is 12.9. The largest absolute Gasteiger partial charge is 0.493 e. The van der Waals surface area contributed by atoms with Gasteiger partial charge in [-0.05, 0) is 30.3 Å². The first kappa shape index (κ1) is 32.1. The number of rotatable bonds is 9. The van der Waals surface area contributed by atoms with E-state index in [0.717, 1.165) is 0 Å². The van der Waals surface area contributed by atoms with Gasteiger partial charge in [0, 0.05) is 17.7 Å². The maximum atomic E-state index is 12.9. The van der Waals surface area contributed by atoms with Crippen molar-refractivity contribution in [3.05, 3.63) is 52.7 Å². The summed E-state index contributed by atoms with van der Waals surface area (Å²) in [5.74, 6) is 1.24. The molecule has 5 rings (SSSR count). The number of fused-ring (bicyclic) bond motifs is 1. The van der Waals surface area contributed by atoms with Gasteiger partial charge in [0.25, 0.3) is 0 Å². The van der Waals surface area contributed by atoms with E-state index in [1.807, 2.05) is 0 Å². The van der Waals surface area contributed by atoms with Crippen molar-refractivity contribution in [3.8, 4) is 28.6 Å². The fourth-order valence-corrected chi connectivity index (χ4v) is 5.13. The second-order valence-corrected chi connectivity index (χ2v) is 10.3. The Balaban J connectivity index is 1.35. The van der Waals surface area contributed by atoms with Crippen LogP contribution in [-0.2, 0) is 14.2 Å². The van der Waals surface area contributed by atoms with E-state index >= 15 is 0 Å². The van der Waals surface area contributed by atoms with Gasteiger partial charge in [0.1, 0.15) is 65.9 Å². The summed E-state index contributed by atoms with van der Waals surface area (Å²) >= 11 is 0. The first-order chi connectivity index (χ1) is 21.1. The fraction of sp³-hybridized carbons (Fsp3) is 0.483. The molecule has 1 aromatic heterocycles. The average Bonchev–Trinajstić information content (AvgIpc) is 3.03. The van der Waals surface area contributed by atoms with Crippen molar-refractivity contribution in [1.82, 2.24) is 0 Å². The highest BCUT2D eigenvalue weighted by Gasteiger charge is 2.51. The van der Waals surface area contributed by atoms with Gasteiger partial charge in [-0.25, -0.2) is 0 Å². The average molecular weight is 623 g/mol. The molecule has 0 saturated carbocycles. The van der Waals surface area contributed by atoms with Crippen LogP contribution in [0.5, 0.6) is 17.2 Å². The van der Waals surface area contributed by atoms with Crippen molar-refractivity contribution in [1.29, 1.82) is 0 Å². The van der Waals surface area contributed by atoms with Crippen LogP contribution in [0.1, 0.15) is 0 Å². The van der Waals surface area contributed by atoms with Crippen molar-refractivity contribution >= 4 is 11.0 Å². The fourth-order valence-electron chi connectivity index (χ4n) is 5.13. The van der Waals surface area contributed by atoms with E-state index in [9.17, 15) is 40.5 Å². The molecule has 15 nitrogen and oxygen atoms in total. The van der Waals surface area contributed by atoms with E-state index < -0.39 is 74.6 Å². The van der Waals surface area contributed by atoms with Crippen LogP contribution in [0.25, 0.3) is 22.3 Å². The van der Waals surface area contributed by atoms with Gasteiger partial charge in [-0.1, -0.05) is 0 Å². The Kier molecular flexibility index (Phi) is 9.71. The number of hydrogen-bond donors (Lipinski definition) is 7. The summed E-state index contributed by atoms with van der Waals surface area (Å²) in [6.45, 7) is -1.44. The summed E-state index contributed by atoms with van der Waals surface area (Å²) in [5, 5.41) is 71.6. The SMILES string of the molecule is COc1ccc(-c2cc(=O)c3ccc(O[C@@H]4O[C@H](CO)[C@@H](O[C@@H]5O[C@H](CO)[C@H](O)[C@H](O)[C@H]5O)[C@H](O)[C@H]4O)cc3o2)cc1OC. The highest BCUT2D eigenvalue weighted by molar-refractivity contribution is 5.80. The van der Waals surface area contributed by atoms with Crippen molar-refractivity contribution in [2.75, 3.05) is 27.4 Å². The molecule has 44 heavy (non-hydrogen) atoms. The standard InChI is InChI=1S/C29H34O15/c1-38-16-6-3-12(7-19(16)39-2)17-9-15(32)14-5-4-13(8-18(14)41-17)40-28-26(37)24(35)27(21(11-31)43-28)44-29-25(36)23(34)22(33)20(10-30)42-29/h3-9,20-31,33-37H,10-11H2,1-2H3/t20-,21-,22+,23+,24-,25-,26-,27-,28-,29+/m1/s1. The number of hydrogen-bond acceptors (Lipinski definition) is 15. The van der Waals surface area contributed by atoms with E-state index in [4.69, 9.17) is 32.8 Å². The summed E-state index contributed by atoms with van der Waals surface area (Å²) in [6, 6.07) is 10.6. The van der Waals surface area contributed by atoms with Gasteiger partial charge >= 0.3 is 0 Å². The van der Waals surface area contributed by atoms with Gasteiger partial charge in [-0.3, -0.25) is 4.79 Å². The van der Waals surface area contributed by atoms with Gasteiger partial charge in [0.15, 0.2) is 23.2 Å². The zero-order chi connectivity index (χ0) is 31.7. The minimum atomic E-state index is -1.79. The molecule has 0 amide bonds. The molecular formula is C29H34O15. The molecule has 2 aromatic carbocycles. The summed E-state index contributed by atoms with van der Waals surface area (Å²) in [5.41, 5.74) is 0.354. The molecule has 10 atom stereocenters. The number of ether oxygens (including phenoxy) is 6. The molecule has 7 N–H and O–H groups in total. The van der Waals surface area contributed by atoms with Crippen LogP contribution in [0.15, 0.2) is 51.7 Å². The number of benzene rings is 2. The third-order valence-electron chi connectivity index (χ3n) is 7.58. The first-order valence-corrected chi connectivity index (χ1v) is 13.7. The third kappa shape index (κ3) is 6.12. The minimum absolute atomic E-state index is 0.0892. The maximum Gasteiger partial charge on any atom is 0.229 e. The Morgan fingerprint density at radius 1 is 0.727 bits per heavy atom. The molecule has 0 radical (unpaired) electrons. The lowest BCUT2D eigenvalue weighted by molar-refractivity contribution is -0.352. The van der Waals surface area contributed by atoms with Crippen LogP contribution < -0.4 is 19.6 Å². The van der Waals surface area contributed by atoms with Gasteiger partial charge < -0.3 is 68.6 Å². The molecule has 2 aliphatic heterocycles. The normalized spacial score (nSPS) is 32.4. The van der Waals surface area contributed by atoms with Crippen LogP contribution in [-0.4, -0.2) is 125 Å². The van der Waals surface area contributed by atoms with Gasteiger partial charge in [0.05, 0.1) is 32.8 Å². The van der Waals surface area contributed by atoms with E-state index in [2.05, 4.69) is 0 Å². The third-order valence-corrected chi connectivity index (χ3v) is 7.58. The van der Waals surface area contributed by atoms with Crippen molar-refractivity contribution in [3.63, 3.8) is 0 Å². The Morgan fingerprint density at radius 2 is 1.41 bits per heavy atom. The Labute approximate surface area is 249 Å².